The summed E-state index contributed by atoms with van der Waals surface area (Å²) in [6, 6.07) is 3.24. The minimum absolute atomic E-state index is 0.218. The van der Waals surface area contributed by atoms with E-state index in [1.165, 1.54) is 0 Å². The first-order valence-corrected chi connectivity index (χ1v) is 4.68. The highest BCUT2D eigenvalue weighted by Gasteiger charge is 2.33. The number of pyridine rings is 1. The fraction of sp³-hybridized carbons (Fsp3) is 0.100. The molecule has 0 spiro atoms. The quantitative estimate of drug-likeness (QED) is 0.630. The van der Waals surface area contributed by atoms with Crippen LogP contribution in [0.4, 0.5) is 18.9 Å². The van der Waals surface area contributed by atoms with Crippen LogP contribution in [0.5, 0.6) is 0 Å². The van der Waals surface area contributed by atoms with Crippen molar-refractivity contribution in [1.29, 1.82) is 0 Å². The van der Waals surface area contributed by atoms with Crippen molar-refractivity contribution >= 4 is 16.6 Å². The van der Waals surface area contributed by atoms with Gasteiger partial charge in [-0.1, -0.05) is 0 Å². The van der Waals surface area contributed by atoms with E-state index in [1.54, 1.807) is 0 Å². The lowest BCUT2D eigenvalue weighted by molar-refractivity contribution is -0.384. The molecule has 0 atom stereocenters. The normalized spacial score (nSPS) is 11.7. The van der Waals surface area contributed by atoms with Crippen LogP contribution in [-0.2, 0) is 6.18 Å². The predicted molar refractivity (Wildman–Crippen MR) is 56.2 cm³/mol. The van der Waals surface area contributed by atoms with Crippen LogP contribution in [0.1, 0.15) is 5.56 Å². The molecule has 0 aliphatic carbocycles. The first-order valence-electron chi connectivity index (χ1n) is 4.68. The van der Waals surface area contributed by atoms with Crippen LogP contribution >= 0.6 is 0 Å². The monoisotopic (exact) mass is 258 g/mol. The number of aromatic amines is 1. The summed E-state index contributed by atoms with van der Waals surface area (Å²) < 4.78 is 38.0. The smallest absolute Gasteiger partial charge is 0.322 e. The van der Waals surface area contributed by atoms with E-state index in [-0.39, 0.29) is 10.9 Å². The number of hydrogen-bond donors (Lipinski definition) is 1. The van der Waals surface area contributed by atoms with Gasteiger partial charge in [0.15, 0.2) is 0 Å². The average Bonchev–Trinajstić information content (AvgIpc) is 2.25. The van der Waals surface area contributed by atoms with Crippen molar-refractivity contribution in [3.05, 3.63) is 50.3 Å². The van der Waals surface area contributed by atoms with E-state index in [9.17, 15) is 28.1 Å². The number of nitro benzene ring substituents is 1. The number of non-ortho nitro benzene ring substituents is 1. The van der Waals surface area contributed by atoms with Crippen molar-refractivity contribution in [2.24, 2.45) is 0 Å². The number of H-pyrrole nitrogens is 1. The van der Waals surface area contributed by atoms with E-state index in [1.807, 2.05) is 0 Å². The number of halogens is 3. The Morgan fingerprint density at radius 2 is 1.89 bits per heavy atom. The number of nitrogens with zero attached hydrogens (tertiary/aromatic N) is 1. The summed E-state index contributed by atoms with van der Waals surface area (Å²) in [6.45, 7) is 0. The second kappa shape index (κ2) is 3.83. The molecule has 8 heteroatoms. The Morgan fingerprint density at radius 3 is 2.44 bits per heavy atom. The Hall–Kier alpha value is -2.38. The highest BCUT2D eigenvalue weighted by atomic mass is 19.4. The van der Waals surface area contributed by atoms with Gasteiger partial charge in [0.2, 0.25) is 5.56 Å². The van der Waals surface area contributed by atoms with Gasteiger partial charge in [0, 0.05) is 23.6 Å². The highest BCUT2D eigenvalue weighted by Crippen LogP contribution is 2.34. The Labute approximate surface area is 97.0 Å². The Kier molecular flexibility index (Phi) is 2.57. The molecule has 0 amide bonds. The topological polar surface area (TPSA) is 76.0 Å². The van der Waals surface area contributed by atoms with Gasteiger partial charge >= 0.3 is 6.18 Å². The summed E-state index contributed by atoms with van der Waals surface area (Å²) in [6.07, 6.45) is -4.69. The molecule has 0 bridgehead atoms. The lowest BCUT2D eigenvalue weighted by Gasteiger charge is -2.09. The molecule has 1 N–H and O–H groups in total. The first kappa shape index (κ1) is 12.1. The summed E-state index contributed by atoms with van der Waals surface area (Å²) in [5, 5.41) is 10.2. The van der Waals surface area contributed by atoms with E-state index in [0.717, 1.165) is 18.2 Å². The van der Waals surface area contributed by atoms with Crippen molar-refractivity contribution in [3.63, 3.8) is 0 Å². The van der Waals surface area contributed by atoms with Crippen LogP contribution in [0, 0.1) is 10.1 Å². The number of nitrogens with one attached hydrogen (secondary N) is 1. The lowest BCUT2D eigenvalue weighted by Crippen LogP contribution is -2.13. The third-order valence-electron chi connectivity index (χ3n) is 2.34. The Bertz CT molecular complexity index is 691. The van der Waals surface area contributed by atoms with Gasteiger partial charge < -0.3 is 4.98 Å². The third-order valence-corrected chi connectivity index (χ3v) is 2.34. The minimum atomic E-state index is -4.69. The van der Waals surface area contributed by atoms with Crippen LogP contribution in [0.2, 0.25) is 0 Å². The van der Waals surface area contributed by atoms with Crippen molar-refractivity contribution in [3.8, 4) is 0 Å². The average molecular weight is 258 g/mol. The molecule has 0 fully saturated rings. The van der Waals surface area contributed by atoms with Gasteiger partial charge in [-0.2, -0.15) is 13.2 Å². The maximum Gasteiger partial charge on any atom is 0.417 e. The second-order valence-corrected chi connectivity index (χ2v) is 3.53. The Balaban J connectivity index is 2.83. The van der Waals surface area contributed by atoms with Gasteiger partial charge in [-0.3, -0.25) is 14.9 Å². The Morgan fingerprint density at radius 1 is 1.22 bits per heavy atom. The standard InChI is InChI=1S/C10H5F3N2O3/c11-10(12,13)7-4-9(16)14-8-3-5(15(17)18)1-2-6(7)8/h1-4H,(H,14,16). The summed E-state index contributed by atoms with van der Waals surface area (Å²) in [5.41, 5.74) is -2.69. The van der Waals surface area contributed by atoms with Crippen LogP contribution in [-0.4, -0.2) is 9.91 Å². The van der Waals surface area contributed by atoms with Crippen molar-refractivity contribution in [1.82, 2.24) is 4.98 Å². The van der Waals surface area contributed by atoms with Crippen molar-refractivity contribution in [2.45, 2.75) is 6.18 Å². The molecule has 1 heterocycles. The maximum absolute atomic E-state index is 12.7. The van der Waals surface area contributed by atoms with Gasteiger partial charge in [0.1, 0.15) is 0 Å². The zero-order valence-corrected chi connectivity index (χ0v) is 8.62. The molecule has 1 aromatic carbocycles. The minimum Gasteiger partial charge on any atom is -0.322 e. The molecular weight excluding hydrogens is 253 g/mol. The highest BCUT2D eigenvalue weighted by molar-refractivity contribution is 5.84. The lowest BCUT2D eigenvalue weighted by atomic mass is 10.1. The van der Waals surface area contributed by atoms with Crippen LogP contribution in [0.3, 0.4) is 0 Å². The fourth-order valence-electron chi connectivity index (χ4n) is 1.60. The van der Waals surface area contributed by atoms with Crippen LogP contribution in [0.25, 0.3) is 10.9 Å². The van der Waals surface area contributed by atoms with Gasteiger partial charge in [-0.25, -0.2) is 0 Å². The molecule has 0 aliphatic rings. The maximum atomic E-state index is 12.7. The van der Waals surface area contributed by atoms with Gasteiger partial charge in [0.05, 0.1) is 16.0 Å². The number of fused-ring (bicyclic) bond motifs is 1. The molecule has 18 heavy (non-hydrogen) atoms. The van der Waals surface area contributed by atoms with E-state index < -0.39 is 27.9 Å². The molecule has 2 rings (SSSR count). The van der Waals surface area contributed by atoms with E-state index in [4.69, 9.17) is 0 Å². The number of hydrogen-bond acceptors (Lipinski definition) is 3. The summed E-state index contributed by atoms with van der Waals surface area (Å²) in [5.74, 6) is 0. The van der Waals surface area contributed by atoms with Crippen molar-refractivity contribution < 1.29 is 18.1 Å². The predicted octanol–water partition coefficient (Wildman–Crippen LogP) is 2.46. The number of rotatable bonds is 1. The molecule has 0 saturated carbocycles. The molecule has 2 aromatic rings. The molecular formula is C10H5F3N2O3. The number of alkyl halides is 3. The zero-order chi connectivity index (χ0) is 13.5. The van der Waals surface area contributed by atoms with E-state index in [0.29, 0.717) is 6.07 Å². The van der Waals surface area contributed by atoms with Crippen LogP contribution < -0.4 is 5.56 Å². The molecule has 0 saturated heterocycles. The van der Waals surface area contributed by atoms with Gasteiger partial charge in [-0.15, -0.1) is 0 Å². The summed E-state index contributed by atoms with van der Waals surface area (Å²) in [7, 11) is 0. The molecule has 0 radical (unpaired) electrons. The van der Waals surface area contributed by atoms with E-state index >= 15 is 0 Å². The van der Waals surface area contributed by atoms with Gasteiger partial charge in [0.25, 0.3) is 5.69 Å². The molecule has 5 nitrogen and oxygen atoms in total. The number of nitro groups is 1. The SMILES string of the molecule is O=c1cc(C(F)(F)F)c2ccc([N+](=O)[O-])cc2[nH]1. The fourth-order valence-corrected chi connectivity index (χ4v) is 1.60. The number of aromatic nitrogens is 1. The van der Waals surface area contributed by atoms with Crippen LogP contribution in [0.15, 0.2) is 29.1 Å². The molecule has 1 aromatic heterocycles. The van der Waals surface area contributed by atoms with Crippen molar-refractivity contribution in [2.75, 3.05) is 0 Å². The van der Waals surface area contributed by atoms with Gasteiger partial charge in [-0.05, 0) is 6.07 Å². The largest absolute Gasteiger partial charge is 0.417 e. The summed E-state index contributed by atoms with van der Waals surface area (Å²) >= 11 is 0. The zero-order valence-electron chi connectivity index (χ0n) is 8.62. The number of benzene rings is 1. The summed E-state index contributed by atoms with van der Waals surface area (Å²) in [4.78, 5) is 23.0. The third kappa shape index (κ3) is 2.04. The van der Waals surface area contributed by atoms with E-state index in [2.05, 4.69) is 4.98 Å². The molecule has 94 valence electrons. The molecule has 0 unspecified atom stereocenters. The first-order chi connectivity index (χ1) is 8.29. The molecule has 0 aliphatic heterocycles. The second-order valence-electron chi connectivity index (χ2n) is 3.53.